The average molecular weight is 453 g/mol. The molecule has 0 saturated carbocycles. The van der Waals surface area contributed by atoms with Gasteiger partial charge >= 0.3 is 0 Å². The van der Waals surface area contributed by atoms with Crippen molar-refractivity contribution >= 4 is 46.5 Å². The third kappa shape index (κ3) is 7.01. The average Bonchev–Trinajstić information content (AvgIpc) is 2.69. The van der Waals surface area contributed by atoms with Crippen LogP contribution in [0.2, 0.25) is 5.02 Å². The number of aliphatic imine (C=N–C) groups is 1. The minimum atomic E-state index is 0.412. The van der Waals surface area contributed by atoms with Crippen LogP contribution < -0.4 is 16.0 Å². The molecule has 1 heterocycles. The highest BCUT2D eigenvalue weighted by Crippen LogP contribution is 2.14. The van der Waals surface area contributed by atoms with Gasteiger partial charge in [0.15, 0.2) is 5.11 Å². The second-order valence-electron chi connectivity index (χ2n) is 7.27. The molecule has 0 saturated heterocycles. The summed E-state index contributed by atoms with van der Waals surface area (Å²) >= 11 is 11.5. The minimum Gasteiger partial charge on any atom is -0.332 e. The lowest BCUT2D eigenvalue weighted by molar-refractivity contribution is 1.03. The van der Waals surface area contributed by atoms with Crippen LogP contribution in [-0.2, 0) is 6.54 Å². The Morgan fingerprint density at radius 2 is 1.58 bits per heavy atom. The van der Waals surface area contributed by atoms with Crippen molar-refractivity contribution in [1.29, 1.82) is 0 Å². The van der Waals surface area contributed by atoms with E-state index in [1.54, 1.807) is 0 Å². The first kappa shape index (κ1) is 22.7. The predicted octanol–water partition coefficient (Wildman–Crippen LogP) is 5.32. The van der Waals surface area contributed by atoms with Crippen LogP contribution in [0.4, 0.5) is 11.6 Å². The molecule has 3 rings (SSSR count). The van der Waals surface area contributed by atoms with Gasteiger partial charge < -0.3 is 10.6 Å². The Morgan fingerprint density at radius 1 is 0.903 bits per heavy atom. The van der Waals surface area contributed by atoms with Crippen molar-refractivity contribution in [3.05, 3.63) is 81.6 Å². The highest BCUT2D eigenvalue weighted by molar-refractivity contribution is 7.80. The molecule has 160 valence electrons. The van der Waals surface area contributed by atoms with Crippen molar-refractivity contribution in [3.63, 3.8) is 0 Å². The molecule has 31 heavy (non-hydrogen) atoms. The van der Waals surface area contributed by atoms with Gasteiger partial charge in [-0.25, -0.2) is 15.0 Å². The predicted molar refractivity (Wildman–Crippen MR) is 133 cm³/mol. The molecule has 0 bridgehead atoms. The molecule has 0 aliphatic heterocycles. The van der Waals surface area contributed by atoms with Crippen LogP contribution in [0.15, 0.2) is 53.5 Å². The van der Waals surface area contributed by atoms with Gasteiger partial charge in [0.25, 0.3) is 0 Å². The van der Waals surface area contributed by atoms with Crippen molar-refractivity contribution in [3.8, 4) is 0 Å². The van der Waals surface area contributed by atoms with Crippen LogP contribution >= 0.6 is 23.8 Å². The lowest BCUT2D eigenvalue weighted by atomic mass is 10.1. The number of anilines is 2. The van der Waals surface area contributed by atoms with E-state index in [9.17, 15) is 0 Å². The van der Waals surface area contributed by atoms with Crippen LogP contribution in [0.3, 0.4) is 0 Å². The summed E-state index contributed by atoms with van der Waals surface area (Å²) in [5.41, 5.74) is 6.06. The van der Waals surface area contributed by atoms with Gasteiger partial charge in [-0.1, -0.05) is 29.8 Å². The smallest absolute Gasteiger partial charge is 0.229 e. The summed E-state index contributed by atoms with van der Waals surface area (Å²) in [6.45, 7) is 8.41. The Morgan fingerprint density at radius 3 is 2.23 bits per heavy atom. The molecule has 0 unspecified atom stereocenters. The van der Waals surface area contributed by atoms with E-state index >= 15 is 0 Å². The lowest BCUT2D eigenvalue weighted by Gasteiger charge is -2.15. The summed E-state index contributed by atoms with van der Waals surface area (Å²) in [6.07, 6.45) is 0. The van der Waals surface area contributed by atoms with Crippen LogP contribution in [-0.4, -0.2) is 21.0 Å². The van der Waals surface area contributed by atoms with E-state index < -0.39 is 0 Å². The standard InChI is InChI=1S/C23H25ClN6S/c1-14-5-10-20(11-15(14)2)28-23(31)30-21(25-13-18-6-8-19(24)9-7-18)29-22-26-16(3)12-17(4)27-22/h5-12H,13H2,1-4H3,(H3,25,26,27,28,29,30,31). The Labute approximate surface area is 193 Å². The van der Waals surface area contributed by atoms with E-state index in [1.165, 1.54) is 11.1 Å². The number of aromatic nitrogens is 2. The highest BCUT2D eigenvalue weighted by atomic mass is 35.5. The molecule has 2 aromatic carbocycles. The fourth-order valence-electron chi connectivity index (χ4n) is 2.85. The van der Waals surface area contributed by atoms with Gasteiger partial charge in [-0.3, -0.25) is 5.32 Å². The van der Waals surface area contributed by atoms with E-state index in [-0.39, 0.29) is 0 Å². The fourth-order valence-corrected chi connectivity index (χ4v) is 3.19. The Balaban J connectivity index is 1.77. The quantitative estimate of drug-likeness (QED) is 0.282. The number of nitrogens with zero attached hydrogens (tertiary/aromatic N) is 3. The van der Waals surface area contributed by atoms with E-state index in [0.717, 1.165) is 22.6 Å². The van der Waals surface area contributed by atoms with Gasteiger partial charge in [-0.2, -0.15) is 0 Å². The zero-order chi connectivity index (χ0) is 22.4. The molecule has 0 radical (unpaired) electrons. The zero-order valence-corrected chi connectivity index (χ0v) is 19.5. The molecular weight excluding hydrogens is 428 g/mol. The van der Waals surface area contributed by atoms with Crippen LogP contribution in [0.5, 0.6) is 0 Å². The summed E-state index contributed by atoms with van der Waals surface area (Å²) in [6, 6.07) is 15.5. The van der Waals surface area contributed by atoms with Gasteiger partial charge in [0, 0.05) is 22.1 Å². The summed E-state index contributed by atoms with van der Waals surface area (Å²) in [7, 11) is 0. The lowest BCUT2D eigenvalue weighted by Crippen LogP contribution is -2.39. The second-order valence-corrected chi connectivity index (χ2v) is 8.11. The van der Waals surface area contributed by atoms with Gasteiger partial charge in [0.05, 0.1) is 6.54 Å². The molecule has 0 fully saturated rings. The first-order valence-electron chi connectivity index (χ1n) is 9.82. The Kier molecular flexibility index (Phi) is 7.55. The van der Waals surface area contributed by atoms with Gasteiger partial charge in [-0.15, -0.1) is 0 Å². The largest absolute Gasteiger partial charge is 0.332 e. The first-order valence-corrected chi connectivity index (χ1v) is 10.6. The van der Waals surface area contributed by atoms with Crippen LogP contribution in [0.1, 0.15) is 28.1 Å². The molecule has 0 aliphatic rings. The molecule has 0 spiro atoms. The third-order valence-corrected chi connectivity index (χ3v) is 5.00. The van der Waals surface area contributed by atoms with E-state index in [1.807, 2.05) is 56.3 Å². The van der Waals surface area contributed by atoms with E-state index in [2.05, 4.69) is 50.8 Å². The fraction of sp³-hybridized carbons (Fsp3) is 0.217. The zero-order valence-electron chi connectivity index (χ0n) is 18.0. The number of thiocarbonyl (C=S) groups is 1. The number of halogens is 1. The van der Waals surface area contributed by atoms with Crippen molar-refractivity contribution < 1.29 is 0 Å². The number of aryl methyl sites for hydroxylation is 4. The van der Waals surface area contributed by atoms with E-state index in [4.69, 9.17) is 23.8 Å². The maximum atomic E-state index is 5.98. The minimum absolute atomic E-state index is 0.412. The second kappa shape index (κ2) is 10.3. The number of benzene rings is 2. The van der Waals surface area contributed by atoms with E-state index in [0.29, 0.717) is 28.6 Å². The summed E-state index contributed by atoms with van der Waals surface area (Å²) < 4.78 is 0. The molecular formula is C23H25ClN6S. The summed E-state index contributed by atoms with van der Waals surface area (Å²) in [4.78, 5) is 13.5. The summed E-state index contributed by atoms with van der Waals surface area (Å²) in [5, 5.41) is 10.6. The number of guanidine groups is 1. The van der Waals surface area contributed by atoms with Gasteiger partial charge in [0.2, 0.25) is 11.9 Å². The summed E-state index contributed by atoms with van der Waals surface area (Å²) in [5.74, 6) is 0.898. The van der Waals surface area contributed by atoms with Gasteiger partial charge in [-0.05, 0) is 86.9 Å². The van der Waals surface area contributed by atoms with Crippen molar-refractivity contribution in [2.75, 3.05) is 10.6 Å². The number of rotatable bonds is 4. The number of nitrogens with one attached hydrogen (secondary N) is 3. The Hall–Kier alpha value is -3.03. The molecule has 3 aromatic rings. The molecule has 6 nitrogen and oxygen atoms in total. The maximum Gasteiger partial charge on any atom is 0.229 e. The van der Waals surface area contributed by atoms with Crippen molar-refractivity contribution in [2.45, 2.75) is 34.2 Å². The van der Waals surface area contributed by atoms with Crippen molar-refractivity contribution in [1.82, 2.24) is 15.3 Å². The van der Waals surface area contributed by atoms with Crippen molar-refractivity contribution in [2.24, 2.45) is 4.99 Å². The molecule has 0 atom stereocenters. The molecule has 1 aromatic heterocycles. The van der Waals surface area contributed by atoms with Crippen LogP contribution in [0.25, 0.3) is 0 Å². The molecule has 0 aliphatic carbocycles. The molecule has 8 heteroatoms. The topological polar surface area (TPSA) is 74.2 Å². The molecule has 0 amide bonds. The number of hydrogen-bond donors (Lipinski definition) is 3. The number of hydrogen-bond acceptors (Lipinski definition) is 4. The third-order valence-electron chi connectivity index (χ3n) is 4.54. The first-order chi connectivity index (χ1) is 14.8. The van der Waals surface area contributed by atoms with Crippen LogP contribution in [0, 0.1) is 27.7 Å². The molecule has 3 N–H and O–H groups in total. The maximum absolute atomic E-state index is 5.98. The monoisotopic (exact) mass is 452 g/mol. The normalized spacial score (nSPS) is 11.2. The SMILES string of the molecule is Cc1cc(C)nc(NC(=NCc2ccc(Cl)cc2)NC(=S)Nc2ccc(C)c(C)c2)n1. The Bertz CT molecular complexity index is 1090. The van der Waals surface area contributed by atoms with Gasteiger partial charge in [0.1, 0.15) is 0 Å². The highest BCUT2D eigenvalue weighted by Gasteiger charge is 2.08.